The largest absolute Gasteiger partial charge is 0.300 e. The van der Waals surface area contributed by atoms with Crippen LogP contribution in [0.15, 0.2) is 22.8 Å². The summed E-state index contributed by atoms with van der Waals surface area (Å²) in [6.07, 6.45) is 10.5. The Balaban J connectivity index is 1.72. The lowest BCUT2D eigenvalue weighted by Gasteiger charge is -2.49. The van der Waals surface area contributed by atoms with Gasteiger partial charge in [-0.05, 0) is 86.3 Å². The molecule has 0 amide bonds. The number of rotatable bonds is 1. The van der Waals surface area contributed by atoms with Gasteiger partial charge in [0.05, 0.1) is 0 Å². The Morgan fingerprint density at radius 2 is 1.95 bits per heavy atom. The number of hydrogen-bond donors (Lipinski definition) is 0. The summed E-state index contributed by atoms with van der Waals surface area (Å²) in [5, 5.41) is 0. The van der Waals surface area contributed by atoms with Crippen molar-refractivity contribution in [3.8, 4) is 0 Å². The molecule has 0 aromatic carbocycles. The quantitative estimate of drug-likeness (QED) is 0.719. The lowest BCUT2D eigenvalue weighted by atomic mass is 9.55. The van der Waals surface area contributed by atoms with Gasteiger partial charge in [0.25, 0.3) is 0 Å². The second-order valence-corrected chi connectivity index (χ2v) is 8.14. The lowest BCUT2D eigenvalue weighted by molar-refractivity contribution is -0.125. The van der Waals surface area contributed by atoms with E-state index in [0.717, 1.165) is 25.7 Å². The molecule has 0 aliphatic heterocycles. The van der Waals surface area contributed by atoms with E-state index in [-0.39, 0.29) is 11.3 Å². The van der Waals surface area contributed by atoms with Crippen molar-refractivity contribution >= 4 is 11.6 Å². The molecular formula is C20H26O2. The molecule has 0 radical (unpaired) electrons. The van der Waals surface area contributed by atoms with Crippen molar-refractivity contribution in [2.45, 2.75) is 65.2 Å². The molecule has 22 heavy (non-hydrogen) atoms. The summed E-state index contributed by atoms with van der Waals surface area (Å²) in [5.41, 5.74) is 4.76. The normalized spacial score (nSPS) is 40.7. The van der Waals surface area contributed by atoms with Gasteiger partial charge in [-0.2, -0.15) is 0 Å². The Hall–Kier alpha value is -1.18. The molecule has 2 nitrogen and oxygen atoms in total. The van der Waals surface area contributed by atoms with Crippen molar-refractivity contribution < 1.29 is 9.59 Å². The third-order valence-electron chi connectivity index (χ3n) is 7.22. The van der Waals surface area contributed by atoms with Crippen LogP contribution in [-0.4, -0.2) is 11.6 Å². The van der Waals surface area contributed by atoms with Crippen molar-refractivity contribution in [1.82, 2.24) is 0 Å². The molecule has 0 aromatic heterocycles. The van der Waals surface area contributed by atoms with Crippen LogP contribution < -0.4 is 0 Å². The maximum atomic E-state index is 12.1. The van der Waals surface area contributed by atoms with Gasteiger partial charge in [-0.3, -0.25) is 9.59 Å². The highest BCUT2D eigenvalue weighted by atomic mass is 16.1. The molecule has 4 atom stereocenters. The van der Waals surface area contributed by atoms with E-state index in [4.69, 9.17) is 0 Å². The van der Waals surface area contributed by atoms with Crippen LogP contribution in [0, 0.1) is 23.2 Å². The molecule has 0 spiro atoms. The summed E-state index contributed by atoms with van der Waals surface area (Å²) >= 11 is 0. The SMILES string of the molecule is CC(=O)[C@H]1CCC2C3CCC4=CC(=O)CCC4=C3CC[C@@]21C. The predicted molar refractivity (Wildman–Crippen MR) is 86.3 cm³/mol. The number of carbonyl (C=O) groups excluding carboxylic acids is 2. The van der Waals surface area contributed by atoms with E-state index in [2.05, 4.69) is 6.92 Å². The Morgan fingerprint density at radius 3 is 2.73 bits per heavy atom. The van der Waals surface area contributed by atoms with Crippen LogP contribution in [0.25, 0.3) is 0 Å². The number of allylic oxidation sites excluding steroid dienone is 4. The molecule has 4 aliphatic carbocycles. The van der Waals surface area contributed by atoms with Crippen LogP contribution in [0.4, 0.5) is 0 Å². The molecule has 2 heteroatoms. The van der Waals surface area contributed by atoms with Crippen LogP contribution in [0.5, 0.6) is 0 Å². The first-order valence-corrected chi connectivity index (χ1v) is 8.97. The van der Waals surface area contributed by atoms with Gasteiger partial charge in [-0.25, -0.2) is 0 Å². The summed E-state index contributed by atoms with van der Waals surface area (Å²) in [5.74, 6) is 2.38. The Kier molecular flexibility index (Phi) is 3.22. The predicted octanol–water partition coefficient (Wildman–Crippen LogP) is 4.40. The van der Waals surface area contributed by atoms with E-state index in [0.29, 0.717) is 29.8 Å². The second kappa shape index (κ2) is 4.91. The van der Waals surface area contributed by atoms with Gasteiger partial charge in [0.15, 0.2) is 5.78 Å². The van der Waals surface area contributed by atoms with Crippen molar-refractivity contribution in [3.05, 3.63) is 22.8 Å². The van der Waals surface area contributed by atoms with Crippen LogP contribution in [-0.2, 0) is 9.59 Å². The van der Waals surface area contributed by atoms with E-state index in [1.807, 2.05) is 6.08 Å². The summed E-state index contributed by atoms with van der Waals surface area (Å²) < 4.78 is 0. The molecular weight excluding hydrogens is 272 g/mol. The lowest BCUT2D eigenvalue weighted by Crippen LogP contribution is -2.41. The molecule has 0 saturated heterocycles. The second-order valence-electron chi connectivity index (χ2n) is 8.14. The molecule has 2 unspecified atom stereocenters. The van der Waals surface area contributed by atoms with Crippen LogP contribution >= 0.6 is 0 Å². The molecule has 0 bridgehead atoms. The Labute approximate surface area is 133 Å². The average molecular weight is 298 g/mol. The fourth-order valence-corrected chi connectivity index (χ4v) is 6.20. The molecule has 0 N–H and O–H groups in total. The Morgan fingerprint density at radius 1 is 1.14 bits per heavy atom. The van der Waals surface area contributed by atoms with Gasteiger partial charge < -0.3 is 0 Å². The van der Waals surface area contributed by atoms with Gasteiger partial charge in [0, 0.05) is 12.3 Å². The van der Waals surface area contributed by atoms with Crippen molar-refractivity contribution in [2.75, 3.05) is 0 Å². The smallest absolute Gasteiger partial charge is 0.156 e. The highest BCUT2D eigenvalue weighted by Crippen LogP contribution is 2.62. The average Bonchev–Trinajstić information content (AvgIpc) is 2.84. The van der Waals surface area contributed by atoms with Crippen LogP contribution in [0.1, 0.15) is 65.2 Å². The number of fused-ring (bicyclic) bond motifs is 4. The van der Waals surface area contributed by atoms with Gasteiger partial charge in [-0.1, -0.05) is 12.5 Å². The molecule has 0 aromatic rings. The minimum atomic E-state index is 0.228. The monoisotopic (exact) mass is 298 g/mol. The van der Waals surface area contributed by atoms with Crippen molar-refractivity contribution in [1.29, 1.82) is 0 Å². The molecule has 0 heterocycles. The van der Waals surface area contributed by atoms with E-state index in [1.54, 1.807) is 12.5 Å². The van der Waals surface area contributed by atoms with Crippen LogP contribution in [0.3, 0.4) is 0 Å². The first-order valence-electron chi connectivity index (χ1n) is 8.97. The number of hydrogen-bond acceptors (Lipinski definition) is 2. The maximum Gasteiger partial charge on any atom is 0.156 e. The van der Waals surface area contributed by atoms with Gasteiger partial charge in [-0.15, -0.1) is 0 Å². The standard InChI is InChI=1S/C20H26O2/c1-12(21)18-7-8-19-17-5-3-13-11-14(22)4-6-15(13)16(17)9-10-20(18,19)2/h11,17-19H,3-10H2,1-2H3/t17?,18-,19?,20-/m1/s1. The Bertz CT molecular complexity index is 609. The maximum absolute atomic E-state index is 12.1. The van der Waals surface area contributed by atoms with Gasteiger partial charge in [0.2, 0.25) is 0 Å². The molecule has 4 aliphatic rings. The summed E-state index contributed by atoms with van der Waals surface area (Å²) in [6, 6.07) is 0. The molecule has 2 fully saturated rings. The highest BCUT2D eigenvalue weighted by molar-refractivity contribution is 5.93. The number of carbonyl (C=O) groups is 2. The summed E-state index contributed by atoms with van der Waals surface area (Å²) in [4.78, 5) is 23.8. The van der Waals surface area contributed by atoms with E-state index < -0.39 is 0 Å². The molecule has 118 valence electrons. The minimum absolute atomic E-state index is 0.228. The molecule has 4 rings (SSSR count). The van der Waals surface area contributed by atoms with E-state index in [9.17, 15) is 9.59 Å². The zero-order valence-electron chi connectivity index (χ0n) is 13.8. The van der Waals surface area contributed by atoms with Crippen LogP contribution in [0.2, 0.25) is 0 Å². The minimum Gasteiger partial charge on any atom is -0.300 e. The fourth-order valence-electron chi connectivity index (χ4n) is 6.20. The topological polar surface area (TPSA) is 34.1 Å². The molecule has 2 saturated carbocycles. The van der Waals surface area contributed by atoms with E-state index >= 15 is 0 Å². The van der Waals surface area contributed by atoms with E-state index in [1.165, 1.54) is 30.4 Å². The fraction of sp³-hybridized carbons (Fsp3) is 0.700. The number of ketones is 2. The zero-order valence-corrected chi connectivity index (χ0v) is 13.8. The number of Topliss-reactive ketones (excluding diaryl/α,β-unsaturated/α-hetero) is 1. The zero-order chi connectivity index (χ0) is 15.5. The van der Waals surface area contributed by atoms with Crippen molar-refractivity contribution in [3.63, 3.8) is 0 Å². The van der Waals surface area contributed by atoms with Gasteiger partial charge in [0.1, 0.15) is 5.78 Å². The first kappa shape index (κ1) is 14.4. The van der Waals surface area contributed by atoms with Crippen molar-refractivity contribution in [2.24, 2.45) is 23.2 Å². The summed E-state index contributed by atoms with van der Waals surface area (Å²) in [6.45, 7) is 4.18. The third-order valence-corrected chi connectivity index (χ3v) is 7.22. The third kappa shape index (κ3) is 1.92. The first-order chi connectivity index (χ1) is 10.5. The summed E-state index contributed by atoms with van der Waals surface area (Å²) in [7, 11) is 0. The highest BCUT2D eigenvalue weighted by Gasteiger charge is 2.54. The van der Waals surface area contributed by atoms with Gasteiger partial charge >= 0.3 is 0 Å².